The minimum absolute atomic E-state index is 0.716. The van der Waals surface area contributed by atoms with Crippen molar-refractivity contribution in [2.45, 2.75) is 6.42 Å². The number of nitriles is 1. The van der Waals surface area contributed by atoms with E-state index < -0.39 is 0 Å². The molecule has 1 saturated heterocycles. The zero-order valence-electron chi connectivity index (χ0n) is 9.61. The van der Waals surface area contributed by atoms with Crippen LogP contribution in [0.1, 0.15) is 12.0 Å². The molecule has 1 heterocycles. The summed E-state index contributed by atoms with van der Waals surface area (Å²) in [5, 5.41) is 12.2. The van der Waals surface area contributed by atoms with E-state index in [9.17, 15) is 0 Å². The van der Waals surface area contributed by atoms with Crippen LogP contribution in [0.5, 0.6) is 0 Å². The predicted octanol–water partition coefficient (Wildman–Crippen LogP) is 1.92. The van der Waals surface area contributed by atoms with Gasteiger partial charge in [-0.3, -0.25) is 0 Å². The van der Waals surface area contributed by atoms with Crippen molar-refractivity contribution in [2.24, 2.45) is 5.92 Å². The van der Waals surface area contributed by atoms with Gasteiger partial charge in [-0.1, -0.05) is 6.07 Å². The molecule has 3 heteroatoms. The van der Waals surface area contributed by atoms with E-state index in [1.165, 1.54) is 19.5 Å². The molecule has 0 spiro atoms. The fourth-order valence-corrected chi connectivity index (χ4v) is 2.15. The van der Waals surface area contributed by atoms with Crippen LogP contribution in [0, 0.1) is 17.2 Å². The van der Waals surface area contributed by atoms with Crippen molar-refractivity contribution in [1.29, 1.82) is 5.26 Å². The maximum absolute atomic E-state index is 8.79. The van der Waals surface area contributed by atoms with Crippen LogP contribution in [0.2, 0.25) is 0 Å². The fourth-order valence-electron chi connectivity index (χ4n) is 2.15. The van der Waals surface area contributed by atoms with Crippen molar-refractivity contribution in [2.75, 3.05) is 32.0 Å². The summed E-state index contributed by atoms with van der Waals surface area (Å²) in [5.74, 6) is 0.732. The first-order valence-corrected chi connectivity index (χ1v) is 5.70. The Morgan fingerprint density at radius 3 is 3.12 bits per heavy atom. The number of likely N-dealkylation sites (tertiary alicyclic amines) is 1. The SMILES string of the molecule is CN1CCC(CNc2cccc(C#N)c2)C1. The van der Waals surface area contributed by atoms with Crippen LogP contribution in [0.25, 0.3) is 0 Å². The van der Waals surface area contributed by atoms with Gasteiger partial charge >= 0.3 is 0 Å². The summed E-state index contributed by atoms with van der Waals surface area (Å²) >= 11 is 0. The summed E-state index contributed by atoms with van der Waals surface area (Å²) in [6, 6.07) is 9.82. The highest BCUT2D eigenvalue weighted by Gasteiger charge is 2.18. The third-order valence-corrected chi connectivity index (χ3v) is 3.08. The number of hydrogen-bond donors (Lipinski definition) is 1. The Kier molecular flexibility index (Phi) is 3.43. The number of nitrogens with zero attached hydrogens (tertiary/aromatic N) is 2. The molecule has 1 aromatic rings. The van der Waals surface area contributed by atoms with Gasteiger partial charge in [-0.25, -0.2) is 0 Å². The van der Waals surface area contributed by atoms with Crippen molar-refractivity contribution in [3.63, 3.8) is 0 Å². The first-order chi connectivity index (χ1) is 7.78. The van der Waals surface area contributed by atoms with Gasteiger partial charge in [0.25, 0.3) is 0 Å². The Balaban J connectivity index is 1.87. The molecule has 0 aliphatic carbocycles. The molecular formula is C13H17N3. The molecule has 16 heavy (non-hydrogen) atoms. The van der Waals surface area contributed by atoms with Crippen molar-refractivity contribution >= 4 is 5.69 Å². The molecular weight excluding hydrogens is 198 g/mol. The lowest BCUT2D eigenvalue weighted by molar-refractivity contribution is 0.399. The number of benzene rings is 1. The van der Waals surface area contributed by atoms with Crippen LogP contribution in [0.15, 0.2) is 24.3 Å². The van der Waals surface area contributed by atoms with Crippen molar-refractivity contribution < 1.29 is 0 Å². The number of rotatable bonds is 3. The van der Waals surface area contributed by atoms with Gasteiger partial charge in [0, 0.05) is 18.8 Å². The first-order valence-electron chi connectivity index (χ1n) is 5.70. The second kappa shape index (κ2) is 5.00. The van der Waals surface area contributed by atoms with Crippen LogP contribution >= 0.6 is 0 Å². The predicted molar refractivity (Wildman–Crippen MR) is 65.3 cm³/mol. The van der Waals surface area contributed by atoms with Gasteiger partial charge < -0.3 is 10.2 Å². The van der Waals surface area contributed by atoms with Crippen LogP contribution in [-0.4, -0.2) is 31.6 Å². The Labute approximate surface area is 96.7 Å². The van der Waals surface area contributed by atoms with E-state index in [1.54, 1.807) is 0 Å². The molecule has 0 aromatic heterocycles. The van der Waals surface area contributed by atoms with E-state index in [0.717, 1.165) is 18.2 Å². The van der Waals surface area contributed by atoms with Crippen LogP contribution in [0.4, 0.5) is 5.69 Å². The summed E-state index contributed by atoms with van der Waals surface area (Å²) in [4.78, 5) is 2.36. The summed E-state index contributed by atoms with van der Waals surface area (Å²) in [5.41, 5.74) is 1.77. The van der Waals surface area contributed by atoms with Gasteiger partial charge in [-0.15, -0.1) is 0 Å². The average molecular weight is 215 g/mol. The van der Waals surface area contributed by atoms with Gasteiger partial charge in [0.1, 0.15) is 0 Å². The topological polar surface area (TPSA) is 39.1 Å². The largest absolute Gasteiger partial charge is 0.385 e. The summed E-state index contributed by atoms with van der Waals surface area (Å²) in [6.07, 6.45) is 1.27. The van der Waals surface area contributed by atoms with Crippen LogP contribution in [0.3, 0.4) is 0 Å². The zero-order valence-corrected chi connectivity index (χ0v) is 9.61. The Bertz CT molecular complexity index is 394. The number of anilines is 1. The van der Waals surface area contributed by atoms with E-state index in [-0.39, 0.29) is 0 Å². The van der Waals surface area contributed by atoms with Gasteiger partial charge in [0.15, 0.2) is 0 Å². The number of nitrogens with one attached hydrogen (secondary N) is 1. The maximum Gasteiger partial charge on any atom is 0.0992 e. The van der Waals surface area contributed by atoms with Crippen molar-refractivity contribution in [3.8, 4) is 6.07 Å². The molecule has 0 saturated carbocycles. The second-order valence-corrected chi connectivity index (χ2v) is 4.49. The molecule has 1 fully saturated rings. The lowest BCUT2D eigenvalue weighted by Crippen LogP contribution is -2.19. The Morgan fingerprint density at radius 1 is 1.56 bits per heavy atom. The van der Waals surface area contributed by atoms with Crippen LogP contribution in [-0.2, 0) is 0 Å². The van der Waals surface area contributed by atoms with Crippen molar-refractivity contribution in [1.82, 2.24) is 4.90 Å². The molecule has 0 amide bonds. The molecule has 1 atom stereocenters. The highest BCUT2D eigenvalue weighted by atomic mass is 15.1. The highest BCUT2D eigenvalue weighted by molar-refractivity contribution is 5.49. The molecule has 0 bridgehead atoms. The highest BCUT2D eigenvalue weighted by Crippen LogP contribution is 2.16. The average Bonchev–Trinajstić information content (AvgIpc) is 2.73. The van der Waals surface area contributed by atoms with E-state index in [1.807, 2.05) is 24.3 Å². The minimum atomic E-state index is 0.716. The third kappa shape index (κ3) is 2.74. The molecule has 1 aliphatic rings. The zero-order chi connectivity index (χ0) is 11.4. The Morgan fingerprint density at radius 2 is 2.44 bits per heavy atom. The molecule has 84 valence electrons. The summed E-state index contributed by atoms with van der Waals surface area (Å²) in [6.45, 7) is 3.37. The van der Waals surface area contributed by atoms with E-state index >= 15 is 0 Å². The van der Waals surface area contributed by atoms with E-state index in [0.29, 0.717) is 5.56 Å². The molecule has 1 aromatic carbocycles. The van der Waals surface area contributed by atoms with Gasteiger partial charge in [-0.05, 0) is 44.1 Å². The lowest BCUT2D eigenvalue weighted by Gasteiger charge is -2.12. The molecule has 0 radical (unpaired) electrons. The summed E-state index contributed by atoms with van der Waals surface area (Å²) in [7, 11) is 2.16. The third-order valence-electron chi connectivity index (χ3n) is 3.08. The smallest absolute Gasteiger partial charge is 0.0992 e. The minimum Gasteiger partial charge on any atom is -0.385 e. The lowest BCUT2D eigenvalue weighted by atomic mass is 10.1. The Hall–Kier alpha value is -1.53. The van der Waals surface area contributed by atoms with Crippen LogP contribution < -0.4 is 5.32 Å². The monoisotopic (exact) mass is 215 g/mol. The molecule has 1 N–H and O–H groups in total. The van der Waals surface area contributed by atoms with Gasteiger partial charge in [0.05, 0.1) is 11.6 Å². The van der Waals surface area contributed by atoms with E-state index in [4.69, 9.17) is 5.26 Å². The van der Waals surface area contributed by atoms with Gasteiger partial charge in [-0.2, -0.15) is 5.26 Å². The van der Waals surface area contributed by atoms with Crippen molar-refractivity contribution in [3.05, 3.63) is 29.8 Å². The molecule has 3 nitrogen and oxygen atoms in total. The molecule has 2 rings (SSSR count). The maximum atomic E-state index is 8.79. The summed E-state index contributed by atoms with van der Waals surface area (Å²) < 4.78 is 0. The van der Waals surface area contributed by atoms with Gasteiger partial charge in [0.2, 0.25) is 0 Å². The standard InChI is InChI=1S/C13H17N3/c1-16-6-5-12(10-16)9-15-13-4-2-3-11(7-13)8-14/h2-4,7,12,15H,5-6,9-10H2,1H3. The fraction of sp³-hybridized carbons (Fsp3) is 0.462. The normalized spacial score (nSPS) is 20.6. The quantitative estimate of drug-likeness (QED) is 0.837. The molecule has 1 aliphatic heterocycles. The molecule has 1 unspecified atom stereocenters. The first kappa shape index (κ1) is 11.0. The number of hydrogen-bond acceptors (Lipinski definition) is 3. The van der Waals surface area contributed by atoms with E-state index in [2.05, 4.69) is 23.3 Å². The second-order valence-electron chi connectivity index (χ2n) is 4.49.